The average molecular weight is 537 g/mol. The molecule has 1 amide bonds. The lowest BCUT2D eigenvalue weighted by Gasteiger charge is -2.33. The van der Waals surface area contributed by atoms with Crippen LogP contribution in [0, 0.1) is 5.92 Å². The van der Waals surface area contributed by atoms with E-state index in [4.69, 9.17) is 14.2 Å². The standard InChI is InChI=1S/C29H36N4O6/c1-37-27(35)15-21(20-7-8-25-26(14-20)39-18-38-25)6-5-19-9-11-33(12-10-19)28(36)22-3-2-4-23(13-22)32-29-30-16-24(34)17-31-29/h2-4,7-8,13-14,19,21,24,34H,5-6,9-12,15-18H2,1H3,(H2,30,31,32). The number of likely N-dealkylation sites (tertiary alicyclic amines) is 1. The van der Waals surface area contributed by atoms with Gasteiger partial charge in [-0.25, -0.2) is 0 Å². The first-order valence-electron chi connectivity index (χ1n) is 13.6. The maximum Gasteiger partial charge on any atom is 0.306 e. The van der Waals surface area contributed by atoms with Crippen molar-refractivity contribution >= 4 is 23.5 Å². The number of β-amino-alcohol motifs (C(OH)–C–C–N with tert-alkyl or cyclic N) is 1. The Balaban J connectivity index is 1.14. The van der Waals surface area contributed by atoms with Gasteiger partial charge >= 0.3 is 5.97 Å². The third-order valence-corrected chi connectivity index (χ3v) is 7.67. The van der Waals surface area contributed by atoms with E-state index in [1.54, 1.807) is 0 Å². The summed E-state index contributed by atoms with van der Waals surface area (Å²) in [6, 6.07) is 13.3. The Bertz CT molecular complexity index is 1210. The van der Waals surface area contributed by atoms with E-state index < -0.39 is 6.10 Å². The van der Waals surface area contributed by atoms with Crippen LogP contribution in [-0.4, -0.2) is 74.0 Å². The lowest BCUT2D eigenvalue weighted by Crippen LogP contribution is -2.42. The number of hydrogen-bond donors (Lipinski definition) is 3. The molecule has 0 radical (unpaired) electrons. The van der Waals surface area contributed by atoms with Crippen LogP contribution in [0.4, 0.5) is 5.69 Å². The zero-order valence-electron chi connectivity index (χ0n) is 22.2. The normalized spacial score (nSPS) is 19.6. The van der Waals surface area contributed by atoms with E-state index in [1.807, 2.05) is 47.4 Å². The number of guanidine groups is 1. The number of hydrogen-bond acceptors (Lipinski definition) is 9. The molecule has 2 unspecified atom stereocenters. The smallest absolute Gasteiger partial charge is 0.306 e. The molecule has 0 saturated carbocycles. The fraction of sp³-hybridized carbons (Fsp3) is 0.483. The number of methoxy groups -OCH3 is 1. The minimum Gasteiger partial charge on any atom is -0.469 e. The predicted octanol–water partition coefficient (Wildman–Crippen LogP) is 3.13. The van der Waals surface area contributed by atoms with Crippen LogP contribution >= 0.6 is 0 Å². The van der Waals surface area contributed by atoms with Crippen molar-refractivity contribution in [3.8, 4) is 11.5 Å². The Labute approximate surface area is 228 Å². The number of amides is 1. The first-order valence-corrected chi connectivity index (χ1v) is 13.6. The van der Waals surface area contributed by atoms with Crippen molar-refractivity contribution in [1.29, 1.82) is 0 Å². The van der Waals surface area contributed by atoms with Gasteiger partial charge in [0.1, 0.15) is 0 Å². The van der Waals surface area contributed by atoms with Crippen LogP contribution in [0.5, 0.6) is 11.5 Å². The van der Waals surface area contributed by atoms with Crippen molar-refractivity contribution in [2.24, 2.45) is 10.9 Å². The number of carbonyl (C=O) groups excluding carboxylic acids is 2. The van der Waals surface area contributed by atoms with Crippen molar-refractivity contribution in [1.82, 2.24) is 10.2 Å². The highest BCUT2D eigenvalue weighted by atomic mass is 16.7. The van der Waals surface area contributed by atoms with Crippen molar-refractivity contribution in [2.75, 3.05) is 45.4 Å². The monoisotopic (exact) mass is 536 g/mol. The highest BCUT2D eigenvalue weighted by molar-refractivity contribution is 5.98. The molecule has 0 spiro atoms. The van der Waals surface area contributed by atoms with Gasteiger partial charge in [-0.05, 0) is 73.4 Å². The number of anilines is 1. The molecule has 10 heteroatoms. The molecular formula is C29H36N4O6. The average Bonchev–Trinajstić information content (AvgIpc) is 3.44. The minimum absolute atomic E-state index is 0.0231. The molecule has 3 heterocycles. The fourth-order valence-corrected chi connectivity index (χ4v) is 5.36. The molecule has 1 saturated heterocycles. The summed E-state index contributed by atoms with van der Waals surface area (Å²) in [6.45, 7) is 2.43. The minimum atomic E-state index is -0.478. The highest BCUT2D eigenvalue weighted by Gasteiger charge is 2.26. The Morgan fingerprint density at radius 3 is 2.77 bits per heavy atom. The van der Waals surface area contributed by atoms with E-state index in [-0.39, 0.29) is 24.6 Å². The van der Waals surface area contributed by atoms with Crippen LogP contribution in [0.15, 0.2) is 47.5 Å². The quantitative estimate of drug-likeness (QED) is 0.440. The molecule has 3 aliphatic rings. The molecule has 0 aliphatic carbocycles. The van der Waals surface area contributed by atoms with Crippen molar-refractivity contribution < 1.29 is 28.9 Å². The predicted molar refractivity (Wildman–Crippen MR) is 146 cm³/mol. The molecule has 10 nitrogen and oxygen atoms in total. The number of piperidine rings is 1. The number of nitrogens with one attached hydrogen (secondary N) is 2. The summed E-state index contributed by atoms with van der Waals surface area (Å²) in [4.78, 5) is 31.6. The van der Waals surface area contributed by atoms with Gasteiger partial charge in [-0.15, -0.1) is 0 Å². The zero-order chi connectivity index (χ0) is 27.2. The molecule has 208 valence electrons. The Kier molecular flexibility index (Phi) is 8.51. The Hall–Kier alpha value is -3.79. The van der Waals surface area contributed by atoms with Gasteiger partial charge in [-0.1, -0.05) is 12.1 Å². The van der Waals surface area contributed by atoms with Crippen molar-refractivity contribution in [3.63, 3.8) is 0 Å². The number of carbonyl (C=O) groups is 2. The number of aliphatic hydroxyl groups is 1. The van der Waals surface area contributed by atoms with Gasteiger partial charge < -0.3 is 34.9 Å². The van der Waals surface area contributed by atoms with E-state index >= 15 is 0 Å². The van der Waals surface area contributed by atoms with E-state index in [0.717, 1.165) is 48.4 Å². The maximum atomic E-state index is 13.2. The van der Waals surface area contributed by atoms with Crippen LogP contribution < -0.4 is 20.1 Å². The van der Waals surface area contributed by atoms with Gasteiger partial charge in [-0.2, -0.15) is 0 Å². The summed E-state index contributed by atoms with van der Waals surface area (Å²) in [6.07, 6.45) is 3.53. The van der Waals surface area contributed by atoms with E-state index in [0.29, 0.717) is 50.0 Å². The molecular weight excluding hydrogens is 500 g/mol. The van der Waals surface area contributed by atoms with Crippen LogP contribution in [0.1, 0.15) is 53.9 Å². The lowest BCUT2D eigenvalue weighted by molar-refractivity contribution is -0.141. The molecule has 3 aliphatic heterocycles. The number of esters is 1. The largest absolute Gasteiger partial charge is 0.469 e. The lowest BCUT2D eigenvalue weighted by atomic mass is 9.84. The summed E-state index contributed by atoms with van der Waals surface area (Å²) in [5.74, 6) is 2.37. The summed E-state index contributed by atoms with van der Waals surface area (Å²) < 4.78 is 15.9. The number of benzene rings is 2. The molecule has 39 heavy (non-hydrogen) atoms. The van der Waals surface area contributed by atoms with Crippen LogP contribution in [0.25, 0.3) is 0 Å². The van der Waals surface area contributed by atoms with Crippen LogP contribution in [-0.2, 0) is 9.53 Å². The molecule has 0 bridgehead atoms. The Morgan fingerprint density at radius 1 is 1.18 bits per heavy atom. The molecule has 0 aromatic heterocycles. The molecule has 5 rings (SSSR count). The number of ether oxygens (including phenoxy) is 3. The second kappa shape index (κ2) is 12.4. The molecule has 1 fully saturated rings. The topological polar surface area (TPSA) is 122 Å². The second-order valence-corrected chi connectivity index (χ2v) is 10.3. The number of nitrogens with zero attached hydrogens (tertiary/aromatic N) is 2. The number of rotatable bonds is 8. The van der Waals surface area contributed by atoms with E-state index in [2.05, 4.69) is 15.6 Å². The van der Waals surface area contributed by atoms with Crippen molar-refractivity contribution in [3.05, 3.63) is 53.6 Å². The third-order valence-electron chi connectivity index (χ3n) is 7.67. The van der Waals surface area contributed by atoms with Crippen molar-refractivity contribution in [2.45, 2.75) is 44.1 Å². The first-order chi connectivity index (χ1) is 19.0. The maximum absolute atomic E-state index is 13.2. The molecule has 2 aromatic rings. The summed E-state index contributed by atoms with van der Waals surface area (Å²) >= 11 is 0. The second-order valence-electron chi connectivity index (χ2n) is 10.3. The highest BCUT2D eigenvalue weighted by Crippen LogP contribution is 2.38. The van der Waals surface area contributed by atoms with E-state index in [9.17, 15) is 14.7 Å². The van der Waals surface area contributed by atoms with Crippen LogP contribution in [0.2, 0.25) is 0 Å². The van der Waals surface area contributed by atoms with Gasteiger partial charge in [0.15, 0.2) is 17.5 Å². The van der Waals surface area contributed by atoms with Gasteiger partial charge in [0.25, 0.3) is 5.91 Å². The number of aliphatic hydroxyl groups excluding tert-OH is 1. The molecule has 2 atom stereocenters. The van der Waals surface area contributed by atoms with Crippen LogP contribution in [0.3, 0.4) is 0 Å². The molecule has 3 N–H and O–H groups in total. The molecule has 2 aromatic carbocycles. The van der Waals surface area contributed by atoms with Gasteiger partial charge in [0.05, 0.1) is 26.2 Å². The third kappa shape index (κ3) is 6.81. The van der Waals surface area contributed by atoms with Gasteiger partial charge in [0.2, 0.25) is 6.79 Å². The summed E-state index contributed by atoms with van der Waals surface area (Å²) in [5.41, 5.74) is 2.46. The zero-order valence-corrected chi connectivity index (χ0v) is 22.2. The van der Waals surface area contributed by atoms with Gasteiger partial charge in [0, 0.05) is 30.9 Å². The number of aliphatic imine (C=N–C) groups is 1. The van der Waals surface area contributed by atoms with E-state index in [1.165, 1.54) is 7.11 Å². The number of fused-ring (bicyclic) bond motifs is 1. The fourth-order valence-electron chi connectivity index (χ4n) is 5.36. The summed E-state index contributed by atoms with van der Waals surface area (Å²) in [7, 11) is 1.42. The SMILES string of the molecule is COC(=O)CC(CCC1CCN(C(=O)c2cccc(NC3=NCC(O)CN3)c2)CC1)c1ccc2c(c1)OCO2. The first kappa shape index (κ1) is 26.8. The Morgan fingerprint density at radius 2 is 2.00 bits per heavy atom. The summed E-state index contributed by atoms with van der Waals surface area (Å²) in [5, 5.41) is 15.8. The van der Waals surface area contributed by atoms with Gasteiger partial charge in [-0.3, -0.25) is 14.6 Å².